The molecule has 0 radical (unpaired) electrons. The Morgan fingerprint density at radius 2 is 1.89 bits per heavy atom. The standard InChI is InChI=1S/C22H23NO4/c1-4-17-14(3)18-10-11-20-19(21(18)27-22(17)24)12-23(13-26-20)15-6-8-16(9-7-15)25-5-2/h6-11H,4-5,12-13H2,1-3H3. The van der Waals surface area contributed by atoms with Crippen molar-refractivity contribution in [2.75, 3.05) is 18.2 Å². The van der Waals surface area contributed by atoms with Crippen molar-refractivity contribution >= 4 is 16.7 Å². The molecule has 1 aliphatic rings. The molecule has 27 heavy (non-hydrogen) atoms. The van der Waals surface area contributed by atoms with Crippen molar-refractivity contribution in [1.82, 2.24) is 0 Å². The summed E-state index contributed by atoms with van der Waals surface area (Å²) in [5.41, 5.74) is 4.05. The van der Waals surface area contributed by atoms with E-state index in [0.717, 1.165) is 39.3 Å². The topological polar surface area (TPSA) is 51.9 Å². The fourth-order valence-corrected chi connectivity index (χ4v) is 3.66. The van der Waals surface area contributed by atoms with Crippen molar-refractivity contribution in [3.63, 3.8) is 0 Å². The molecule has 3 aromatic rings. The van der Waals surface area contributed by atoms with Crippen LogP contribution in [0.1, 0.15) is 30.5 Å². The van der Waals surface area contributed by atoms with Gasteiger partial charge in [0.25, 0.3) is 0 Å². The average Bonchev–Trinajstić information content (AvgIpc) is 2.69. The fraction of sp³-hybridized carbons (Fsp3) is 0.318. The van der Waals surface area contributed by atoms with Gasteiger partial charge in [-0.3, -0.25) is 0 Å². The highest BCUT2D eigenvalue weighted by Crippen LogP contribution is 2.35. The van der Waals surface area contributed by atoms with E-state index in [4.69, 9.17) is 13.9 Å². The molecule has 140 valence electrons. The Bertz CT molecular complexity index is 1040. The van der Waals surface area contributed by atoms with Crippen LogP contribution in [-0.2, 0) is 13.0 Å². The van der Waals surface area contributed by atoms with Crippen molar-refractivity contribution in [3.8, 4) is 11.5 Å². The largest absolute Gasteiger partial charge is 0.494 e. The number of nitrogens with zero attached hydrogens (tertiary/aromatic N) is 1. The summed E-state index contributed by atoms with van der Waals surface area (Å²) in [6.07, 6.45) is 0.663. The van der Waals surface area contributed by atoms with Crippen LogP contribution in [0.4, 0.5) is 5.69 Å². The molecular formula is C22H23NO4. The predicted octanol–water partition coefficient (Wildman–Crippen LogP) is 4.42. The Morgan fingerprint density at radius 1 is 1.11 bits per heavy atom. The summed E-state index contributed by atoms with van der Waals surface area (Å²) < 4.78 is 17.2. The molecule has 1 aliphatic heterocycles. The molecule has 2 aromatic carbocycles. The number of hydrogen-bond donors (Lipinski definition) is 0. The van der Waals surface area contributed by atoms with Gasteiger partial charge in [0.2, 0.25) is 0 Å². The highest BCUT2D eigenvalue weighted by atomic mass is 16.5. The SMILES string of the molecule is CCOc1ccc(N2COc3ccc4c(C)c(CC)c(=O)oc4c3C2)cc1. The van der Waals surface area contributed by atoms with Crippen LogP contribution < -0.4 is 20.0 Å². The van der Waals surface area contributed by atoms with Crippen LogP contribution >= 0.6 is 0 Å². The smallest absolute Gasteiger partial charge is 0.339 e. The highest BCUT2D eigenvalue weighted by Gasteiger charge is 2.23. The summed E-state index contributed by atoms with van der Waals surface area (Å²) in [7, 11) is 0. The van der Waals surface area contributed by atoms with E-state index < -0.39 is 0 Å². The second-order valence-corrected chi connectivity index (χ2v) is 6.66. The van der Waals surface area contributed by atoms with Gasteiger partial charge in [0.15, 0.2) is 6.73 Å². The van der Waals surface area contributed by atoms with E-state index in [2.05, 4.69) is 4.90 Å². The van der Waals surface area contributed by atoms with E-state index in [1.54, 1.807) is 0 Å². The van der Waals surface area contributed by atoms with Gasteiger partial charge in [-0.25, -0.2) is 4.79 Å². The van der Waals surface area contributed by atoms with Crippen LogP contribution in [0.25, 0.3) is 11.0 Å². The van der Waals surface area contributed by atoms with Gasteiger partial charge >= 0.3 is 5.63 Å². The van der Waals surface area contributed by atoms with Crippen molar-refractivity contribution in [2.45, 2.75) is 33.7 Å². The minimum absolute atomic E-state index is 0.255. The molecule has 1 aromatic heterocycles. The first kappa shape index (κ1) is 17.5. The quantitative estimate of drug-likeness (QED) is 0.641. The Morgan fingerprint density at radius 3 is 2.59 bits per heavy atom. The van der Waals surface area contributed by atoms with Crippen molar-refractivity contribution < 1.29 is 13.9 Å². The number of ether oxygens (including phenoxy) is 2. The van der Waals surface area contributed by atoms with E-state index in [0.29, 0.717) is 31.9 Å². The van der Waals surface area contributed by atoms with E-state index in [1.807, 2.05) is 57.2 Å². The van der Waals surface area contributed by atoms with E-state index in [9.17, 15) is 4.79 Å². The zero-order valence-corrected chi connectivity index (χ0v) is 15.9. The van der Waals surface area contributed by atoms with E-state index in [1.165, 1.54) is 0 Å². The van der Waals surface area contributed by atoms with Crippen LogP contribution in [0.2, 0.25) is 0 Å². The number of fused-ring (bicyclic) bond motifs is 3. The van der Waals surface area contributed by atoms with Gasteiger partial charge in [-0.1, -0.05) is 6.92 Å². The van der Waals surface area contributed by atoms with E-state index >= 15 is 0 Å². The number of aryl methyl sites for hydroxylation is 1. The molecule has 5 nitrogen and oxygen atoms in total. The molecule has 0 saturated heterocycles. The first-order valence-corrected chi connectivity index (χ1v) is 9.31. The first-order chi connectivity index (χ1) is 13.1. The van der Waals surface area contributed by atoms with Crippen molar-refractivity contribution in [2.24, 2.45) is 0 Å². The lowest BCUT2D eigenvalue weighted by atomic mass is 10.0. The number of benzene rings is 2. The molecule has 0 amide bonds. The molecule has 2 heterocycles. The van der Waals surface area contributed by atoms with Gasteiger partial charge in [0.05, 0.1) is 18.7 Å². The molecule has 0 fully saturated rings. The average molecular weight is 365 g/mol. The maximum atomic E-state index is 12.4. The molecule has 0 unspecified atom stereocenters. The number of rotatable bonds is 4. The van der Waals surface area contributed by atoms with Crippen molar-refractivity contribution in [3.05, 3.63) is 63.5 Å². The fourth-order valence-electron chi connectivity index (χ4n) is 3.66. The van der Waals surface area contributed by atoms with Gasteiger partial charge in [-0.05, 0) is 62.2 Å². The molecule has 0 N–H and O–H groups in total. The highest BCUT2D eigenvalue weighted by molar-refractivity contribution is 5.86. The molecule has 0 aliphatic carbocycles. The minimum Gasteiger partial charge on any atom is -0.494 e. The summed E-state index contributed by atoms with van der Waals surface area (Å²) in [4.78, 5) is 14.5. The van der Waals surface area contributed by atoms with Crippen LogP contribution in [0.5, 0.6) is 11.5 Å². The Hall–Kier alpha value is -2.95. The molecule has 0 bridgehead atoms. The van der Waals surface area contributed by atoms with Crippen LogP contribution in [0.3, 0.4) is 0 Å². The third-order valence-electron chi connectivity index (χ3n) is 5.11. The monoisotopic (exact) mass is 365 g/mol. The van der Waals surface area contributed by atoms with Gasteiger partial charge in [0, 0.05) is 16.6 Å². The van der Waals surface area contributed by atoms with Crippen LogP contribution in [0.15, 0.2) is 45.6 Å². The lowest BCUT2D eigenvalue weighted by molar-refractivity contribution is 0.289. The van der Waals surface area contributed by atoms with Crippen molar-refractivity contribution in [1.29, 1.82) is 0 Å². The predicted molar refractivity (Wildman–Crippen MR) is 106 cm³/mol. The first-order valence-electron chi connectivity index (χ1n) is 9.31. The summed E-state index contributed by atoms with van der Waals surface area (Å²) in [6, 6.07) is 11.9. The third-order valence-corrected chi connectivity index (χ3v) is 5.11. The number of hydrogen-bond acceptors (Lipinski definition) is 5. The summed E-state index contributed by atoms with van der Waals surface area (Å²) in [6.45, 7) is 7.63. The lowest BCUT2D eigenvalue weighted by Gasteiger charge is -2.31. The Labute approximate surface area is 158 Å². The molecule has 4 rings (SSSR count). The molecule has 0 spiro atoms. The zero-order valence-electron chi connectivity index (χ0n) is 15.9. The summed E-state index contributed by atoms with van der Waals surface area (Å²) in [5, 5.41) is 0.974. The van der Waals surface area contributed by atoms with Gasteiger partial charge in [0.1, 0.15) is 17.1 Å². The number of anilines is 1. The zero-order chi connectivity index (χ0) is 19.0. The van der Waals surface area contributed by atoms with Gasteiger partial charge in [-0.15, -0.1) is 0 Å². The van der Waals surface area contributed by atoms with Gasteiger partial charge < -0.3 is 18.8 Å². The molecule has 5 heteroatoms. The van der Waals surface area contributed by atoms with Crippen LogP contribution in [-0.4, -0.2) is 13.3 Å². The normalized spacial score (nSPS) is 13.4. The maximum Gasteiger partial charge on any atom is 0.339 e. The second kappa shape index (κ2) is 6.99. The summed E-state index contributed by atoms with van der Waals surface area (Å²) >= 11 is 0. The molecular weight excluding hydrogens is 342 g/mol. The van der Waals surface area contributed by atoms with Gasteiger partial charge in [-0.2, -0.15) is 0 Å². The second-order valence-electron chi connectivity index (χ2n) is 6.66. The Balaban J connectivity index is 1.74. The van der Waals surface area contributed by atoms with E-state index in [-0.39, 0.29) is 5.63 Å². The Kier molecular flexibility index (Phi) is 4.52. The maximum absolute atomic E-state index is 12.4. The minimum atomic E-state index is -0.255. The lowest BCUT2D eigenvalue weighted by Crippen LogP contribution is -2.32. The molecule has 0 atom stereocenters. The van der Waals surface area contributed by atoms with Crippen LogP contribution in [0, 0.1) is 6.92 Å². The third kappa shape index (κ3) is 3.03. The summed E-state index contributed by atoms with van der Waals surface area (Å²) in [5.74, 6) is 1.62. The molecule has 0 saturated carbocycles.